The molecule has 0 radical (unpaired) electrons. The normalized spacial score (nSPS) is 10.3. The Labute approximate surface area is 121 Å². The molecule has 1 amide bonds. The number of aliphatic carboxylic acids is 1. The maximum atomic E-state index is 11.7. The zero-order chi connectivity index (χ0) is 15.4. The molecule has 2 aromatic heterocycles. The number of thiazole rings is 1. The Bertz CT molecular complexity index is 694. The summed E-state index contributed by atoms with van der Waals surface area (Å²) in [4.78, 5) is 35.9. The van der Waals surface area contributed by atoms with Crippen molar-refractivity contribution in [3.63, 3.8) is 0 Å². The zero-order valence-electron chi connectivity index (χ0n) is 10.4. The average molecular weight is 311 g/mol. The lowest BCUT2D eigenvalue weighted by atomic mass is 10.3. The van der Waals surface area contributed by atoms with Crippen molar-refractivity contribution in [2.24, 2.45) is 0 Å². The maximum Gasteiger partial charge on any atom is 0.389 e. The molecule has 0 aliphatic rings. The van der Waals surface area contributed by atoms with Crippen LogP contribution in [0.5, 0.6) is 0 Å². The fourth-order valence-electron chi connectivity index (χ4n) is 1.44. The number of carbonyl (C=O) groups is 2. The van der Waals surface area contributed by atoms with Crippen LogP contribution in [0.25, 0.3) is 0 Å². The van der Waals surface area contributed by atoms with Gasteiger partial charge in [0, 0.05) is 5.38 Å². The number of hydrogen-bond donors (Lipinski definition) is 2. The van der Waals surface area contributed by atoms with Crippen molar-refractivity contribution in [3.05, 3.63) is 33.5 Å². The summed E-state index contributed by atoms with van der Waals surface area (Å²) < 4.78 is 1.12. The van der Waals surface area contributed by atoms with Gasteiger partial charge in [0.1, 0.15) is 6.54 Å². The van der Waals surface area contributed by atoms with Crippen LogP contribution in [0.2, 0.25) is 0 Å². The number of anilines is 1. The maximum absolute atomic E-state index is 11.7. The van der Waals surface area contributed by atoms with Gasteiger partial charge in [-0.15, -0.1) is 11.3 Å². The Morgan fingerprint density at radius 2 is 2.29 bits per heavy atom. The summed E-state index contributed by atoms with van der Waals surface area (Å²) in [7, 11) is 0. The predicted octanol–water partition coefficient (Wildman–Crippen LogP) is 0.514. The molecule has 2 heterocycles. The van der Waals surface area contributed by atoms with Crippen molar-refractivity contribution < 1.29 is 19.6 Å². The number of aromatic nitrogens is 3. The number of carboxylic acids is 1. The van der Waals surface area contributed by atoms with Gasteiger partial charge in [0.2, 0.25) is 5.91 Å². The fraction of sp³-hybridized carbons (Fsp3) is 0.200. The number of carboxylic acid groups (broad SMARTS) is 1. The van der Waals surface area contributed by atoms with Gasteiger partial charge in [-0.2, -0.15) is 4.68 Å². The summed E-state index contributed by atoms with van der Waals surface area (Å²) in [6, 6.07) is 1.18. The Morgan fingerprint density at radius 1 is 1.52 bits per heavy atom. The number of amides is 1. The SMILES string of the molecule is O=C(O)Cc1csc(NC(=O)Cn2ccc([N+](=O)[O-])n2)n1. The second-order valence-corrected chi connectivity index (χ2v) is 4.75. The van der Waals surface area contributed by atoms with Gasteiger partial charge in [0.15, 0.2) is 5.13 Å². The second kappa shape index (κ2) is 6.09. The molecule has 0 aliphatic heterocycles. The van der Waals surface area contributed by atoms with Gasteiger partial charge in [0.05, 0.1) is 29.5 Å². The molecule has 110 valence electrons. The number of nitrogens with zero attached hydrogens (tertiary/aromatic N) is 4. The molecule has 21 heavy (non-hydrogen) atoms. The van der Waals surface area contributed by atoms with E-state index in [1.54, 1.807) is 0 Å². The van der Waals surface area contributed by atoms with Crippen molar-refractivity contribution in [1.29, 1.82) is 0 Å². The molecule has 0 unspecified atom stereocenters. The van der Waals surface area contributed by atoms with E-state index in [1.165, 1.54) is 17.6 Å². The van der Waals surface area contributed by atoms with E-state index in [1.807, 2.05) is 0 Å². The standard InChI is InChI=1S/C10H9N5O5S/c16-8(4-14-2-1-7(13-14)15(19)20)12-10-11-6(5-21-10)3-9(17)18/h1-2,5H,3-4H2,(H,17,18)(H,11,12,16). The lowest BCUT2D eigenvalue weighted by Gasteiger charge is -1.99. The zero-order valence-corrected chi connectivity index (χ0v) is 11.2. The molecule has 10 nitrogen and oxygen atoms in total. The Hall–Kier alpha value is -2.82. The molecule has 0 saturated carbocycles. The van der Waals surface area contributed by atoms with Gasteiger partial charge in [-0.3, -0.25) is 9.59 Å². The molecule has 0 spiro atoms. The Kier molecular flexibility index (Phi) is 4.23. The van der Waals surface area contributed by atoms with Crippen molar-refractivity contribution in [1.82, 2.24) is 14.8 Å². The first-order chi connectivity index (χ1) is 9.94. The summed E-state index contributed by atoms with van der Waals surface area (Å²) in [5.74, 6) is -1.83. The first kappa shape index (κ1) is 14.6. The minimum atomic E-state index is -1.01. The van der Waals surface area contributed by atoms with E-state index in [-0.39, 0.29) is 23.9 Å². The van der Waals surface area contributed by atoms with Crippen molar-refractivity contribution in [2.45, 2.75) is 13.0 Å². The molecular formula is C10H9N5O5S. The van der Waals surface area contributed by atoms with Crippen molar-refractivity contribution in [2.75, 3.05) is 5.32 Å². The first-order valence-electron chi connectivity index (χ1n) is 5.58. The topological polar surface area (TPSA) is 140 Å². The van der Waals surface area contributed by atoms with Crippen LogP contribution < -0.4 is 5.32 Å². The van der Waals surface area contributed by atoms with E-state index < -0.39 is 16.8 Å². The van der Waals surface area contributed by atoms with Gasteiger partial charge < -0.3 is 20.5 Å². The number of nitro groups is 1. The van der Waals surface area contributed by atoms with E-state index in [9.17, 15) is 19.7 Å². The summed E-state index contributed by atoms with van der Waals surface area (Å²) >= 11 is 1.10. The monoisotopic (exact) mass is 311 g/mol. The molecule has 11 heteroatoms. The molecule has 2 N–H and O–H groups in total. The van der Waals surface area contributed by atoms with Gasteiger partial charge in [-0.05, 0) is 4.92 Å². The van der Waals surface area contributed by atoms with Gasteiger partial charge >= 0.3 is 11.8 Å². The van der Waals surface area contributed by atoms with Crippen LogP contribution in [0.15, 0.2) is 17.6 Å². The van der Waals surface area contributed by atoms with Crippen LogP contribution in [0, 0.1) is 10.1 Å². The molecule has 0 aromatic carbocycles. The van der Waals surface area contributed by atoms with Gasteiger partial charge in [0.25, 0.3) is 0 Å². The third-order valence-corrected chi connectivity index (χ3v) is 3.06. The number of rotatable bonds is 6. The number of carbonyl (C=O) groups excluding carboxylic acids is 1. The van der Waals surface area contributed by atoms with E-state index in [4.69, 9.17) is 5.11 Å². The highest BCUT2D eigenvalue weighted by atomic mass is 32.1. The van der Waals surface area contributed by atoms with E-state index >= 15 is 0 Å². The highest BCUT2D eigenvalue weighted by molar-refractivity contribution is 7.13. The first-order valence-corrected chi connectivity index (χ1v) is 6.46. The fourth-order valence-corrected chi connectivity index (χ4v) is 2.17. The molecule has 2 rings (SSSR count). The molecule has 0 atom stereocenters. The third-order valence-electron chi connectivity index (χ3n) is 2.25. The highest BCUT2D eigenvalue weighted by Gasteiger charge is 2.14. The van der Waals surface area contributed by atoms with E-state index in [0.29, 0.717) is 5.69 Å². The van der Waals surface area contributed by atoms with Crippen LogP contribution in [0.1, 0.15) is 5.69 Å². The molecule has 0 aliphatic carbocycles. The van der Waals surface area contributed by atoms with Crippen LogP contribution in [-0.2, 0) is 22.6 Å². The van der Waals surface area contributed by atoms with Crippen LogP contribution in [0.3, 0.4) is 0 Å². The quantitative estimate of drug-likeness (QED) is 0.585. The lowest BCUT2D eigenvalue weighted by molar-refractivity contribution is -0.389. The molecule has 0 saturated heterocycles. The van der Waals surface area contributed by atoms with Crippen LogP contribution in [0.4, 0.5) is 10.9 Å². The summed E-state index contributed by atoms with van der Waals surface area (Å²) in [6.45, 7) is -0.207. The van der Waals surface area contributed by atoms with Crippen LogP contribution in [-0.4, -0.2) is 36.7 Å². The van der Waals surface area contributed by atoms with Gasteiger partial charge in [-0.1, -0.05) is 0 Å². The molecule has 2 aromatic rings. The Morgan fingerprint density at radius 3 is 2.90 bits per heavy atom. The predicted molar refractivity (Wildman–Crippen MR) is 71.0 cm³/mol. The van der Waals surface area contributed by atoms with E-state index in [2.05, 4.69) is 15.4 Å². The summed E-state index contributed by atoms with van der Waals surface area (Å²) in [5, 5.41) is 26.9. The molecular weight excluding hydrogens is 302 g/mol. The Balaban J connectivity index is 1.93. The average Bonchev–Trinajstić information content (AvgIpc) is 2.98. The number of nitrogens with one attached hydrogen (secondary N) is 1. The minimum Gasteiger partial charge on any atom is -0.481 e. The minimum absolute atomic E-state index is 0.207. The van der Waals surface area contributed by atoms with Crippen molar-refractivity contribution >= 4 is 34.2 Å². The smallest absolute Gasteiger partial charge is 0.389 e. The summed E-state index contributed by atoms with van der Waals surface area (Å²) in [5.41, 5.74) is 0.345. The lowest BCUT2D eigenvalue weighted by Crippen LogP contribution is -2.19. The highest BCUT2D eigenvalue weighted by Crippen LogP contribution is 2.16. The number of hydrogen-bond acceptors (Lipinski definition) is 7. The molecule has 0 bridgehead atoms. The second-order valence-electron chi connectivity index (χ2n) is 3.89. The largest absolute Gasteiger partial charge is 0.481 e. The van der Waals surface area contributed by atoms with Crippen LogP contribution >= 0.6 is 11.3 Å². The van der Waals surface area contributed by atoms with Gasteiger partial charge in [-0.25, -0.2) is 4.98 Å². The summed E-state index contributed by atoms with van der Waals surface area (Å²) in [6.07, 6.45) is 1.09. The molecule has 0 fully saturated rings. The van der Waals surface area contributed by atoms with Crippen molar-refractivity contribution in [3.8, 4) is 0 Å². The van der Waals surface area contributed by atoms with E-state index in [0.717, 1.165) is 16.0 Å². The third kappa shape index (κ3) is 4.07.